The molecular weight excluding hydrogens is 237 g/mol. The quantitative estimate of drug-likeness (QED) is 0.757. The topological polar surface area (TPSA) is 29.1 Å². The summed E-state index contributed by atoms with van der Waals surface area (Å²) < 4.78 is 13.3. The summed E-state index contributed by atoms with van der Waals surface area (Å²) in [6.07, 6.45) is 2.63. The third-order valence-electron chi connectivity index (χ3n) is 2.27. The van der Waals surface area contributed by atoms with E-state index in [1.54, 1.807) is 0 Å². The Kier molecular flexibility index (Phi) is 3.73. The fourth-order valence-corrected chi connectivity index (χ4v) is 1.48. The molecule has 1 aliphatic carbocycles. The molecule has 0 bridgehead atoms. The Bertz CT molecular complexity index is 252. The summed E-state index contributed by atoms with van der Waals surface area (Å²) in [7, 11) is 0. The molecule has 0 unspecified atom stereocenters. The number of amides is 1. The molecule has 0 spiro atoms. The molecule has 2 nitrogen and oxygen atoms in total. The van der Waals surface area contributed by atoms with Crippen LogP contribution in [0.1, 0.15) is 25.7 Å². The molecule has 72 valence electrons. The van der Waals surface area contributed by atoms with Crippen molar-refractivity contribution in [1.82, 2.24) is 5.32 Å². The van der Waals surface area contributed by atoms with Gasteiger partial charge in [0.15, 0.2) is 0 Å². The first-order valence-electron chi connectivity index (χ1n) is 4.25. The van der Waals surface area contributed by atoms with Crippen molar-refractivity contribution in [3.63, 3.8) is 0 Å². The molecule has 0 atom stereocenters. The molecule has 1 fully saturated rings. The van der Waals surface area contributed by atoms with Crippen molar-refractivity contribution in [2.45, 2.75) is 31.4 Å². The van der Waals surface area contributed by atoms with Crippen LogP contribution >= 0.6 is 15.9 Å². The number of halogens is 2. The minimum atomic E-state index is -1.02. The number of alkyl halides is 1. The van der Waals surface area contributed by atoms with Crippen LogP contribution in [0, 0.1) is 10.8 Å². The Morgan fingerprint density at radius 2 is 2.31 bits per heavy atom. The number of hydrogen-bond acceptors (Lipinski definition) is 1. The first-order valence-corrected chi connectivity index (χ1v) is 5.04. The highest BCUT2D eigenvalue weighted by Gasteiger charge is 2.36. The Labute approximate surface area is 85.4 Å². The summed E-state index contributed by atoms with van der Waals surface area (Å²) in [6.45, 7) is 0.372. The molecule has 1 saturated carbocycles. The second kappa shape index (κ2) is 4.61. The Morgan fingerprint density at radius 1 is 1.62 bits per heavy atom. The summed E-state index contributed by atoms with van der Waals surface area (Å²) >= 11 is 2.81. The van der Waals surface area contributed by atoms with Gasteiger partial charge >= 0.3 is 0 Å². The van der Waals surface area contributed by atoms with Gasteiger partial charge in [-0.3, -0.25) is 4.79 Å². The molecule has 0 aromatic rings. The fourth-order valence-electron chi connectivity index (χ4n) is 1.30. The van der Waals surface area contributed by atoms with Crippen LogP contribution in [0.3, 0.4) is 0 Å². The average molecular weight is 248 g/mol. The van der Waals surface area contributed by atoms with Crippen LogP contribution < -0.4 is 5.32 Å². The molecule has 0 radical (unpaired) electrons. The van der Waals surface area contributed by atoms with Crippen LogP contribution in [-0.2, 0) is 4.79 Å². The SMILES string of the molecule is O=C(C#CBr)NCCC1(F)CCC1. The molecule has 13 heavy (non-hydrogen) atoms. The number of nitrogens with one attached hydrogen (secondary N) is 1. The van der Waals surface area contributed by atoms with Crippen LogP contribution in [0.2, 0.25) is 0 Å². The maximum atomic E-state index is 13.3. The fraction of sp³-hybridized carbons (Fsp3) is 0.667. The minimum Gasteiger partial charge on any atom is -0.345 e. The molecule has 1 N–H and O–H groups in total. The van der Waals surface area contributed by atoms with Crippen LogP contribution in [0.15, 0.2) is 0 Å². The molecule has 0 aromatic heterocycles. The molecule has 1 amide bonds. The largest absolute Gasteiger partial charge is 0.345 e. The van der Waals surface area contributed by atoms with Crippen LogP contribution in [0.25, 0.3) is 0 Å². The van der Waals surface area contributed by atoms with Crippen molar-refractivity contribution in [3.8, 4) is 10.8 Å². The summed E-state index contributed by atoms with van der Waals surface area (Å²) in [5, 5.41) is 2.53. The molecule has 0 aromatic carbocycles. The van der Waals surface area contributed by atoms with E-state index < -0.39 is 5.67 Å². The highest BCUT2D eigenvalue weighted by atomic mass is 79.9. The Hall–Kier alpha value is -0.560. The molecule has 0 heterocycles. The van der Waals surface area contributed by atoms with Crippen molar-refractivity contribution in [3.05, 3.63) is 0 Å². The lowest BCUT2D eigenvalue weighted by Crippen LogP contribution is -2.36. The summed E-state index contributed by atoms with van der Waals surface area (Å²) in [4.78, 5) is 13.1. The number of carbonyl (C=O) groups is 1. The van der Waals surface area contributed by atoms with E-state index in [0.29, 0.717) is 25.8 Å². The standard InChI is InChI=1S/C9H11BrFNO/c10-6-2-8(13)12-7-5-9(11)3-1-4-9/h1,3-5,7H2,(H,12,13). The van der Waals surface area contributed by atoms with Gasteiger partial charge in [-0.25, -0.2) is 4.39 Å². The maximum Gasteiger partial charge on any atom is 0.296 e. The zero-order valence-electron chi connectivity index (χ0n) is 7.20. The van der Waals surface area contributed by atoms with Gasteiger partial charge in [-0.05, 0) is 30.5 Å². The third-order valence-corrected chi connectivity index (χ3v) is 2.47. The smallest absolute Gasteiger partial charge is 0.296 e. The monoisotopic (exact) mass is 247 g/mol. The van der Waals surface area contributed by atoms with Crippen molar-refractivity contribution in [2.24, 2.45) is 0 Å². The van der Waals surface area contributed by atoms with Crippen molar-refractivity contribution >= 4 is 21.8 Å². The summed E-state index contributed by atoms with van der Waals surface area (Å²) in [5.74, 6) is 1.90. The van der Waals surface area contributed by atoms with Gasteiger partial charge in [-0.15, -0.1) is 0 Å². The molecule has 1 rings (SSSR count). The van der Waals surface area contributed by atoms with Gasteiger partial charge in [0.2, 0.25) is 0 Å². The van der Waals surface area contributed by atoms with Crippen molar-refractivity contribution < 1.29 is 9.18 Å². The molecular formula is C9H11BrFNO. The average Bonchev–Trinajstić information content (AvgIpc) is 2.02. The Morgan fingerprint density at radius 3 is 2.77 bits per heavy atom. The van der Waals surface area contributed by atoms with E-state index in [0.717, 1.165) is 6.42 Å². The van der Waals surface area contributed by atoms with Gasteiger partial charge in [0.1, 0.15) is 5.67 Å². The van der Waals surface area contributed by atoms with Gasteiger partial charge in [0.05, 0.1) is 0 Å². The van der Waals surface area contributed by atoms with Crippen molar-refractivity contribution in [2.75, 3.05) is 6.54 Å². The predicted octanol–water partition coefficient (Wildman–Crippen LogP) is 1.74. The highest BCUT2D eigenvalue weighted by Crippen LogP contribution is 2.38. The summed E-state index contributed by atoms with van der Waals surface area (Å²) in [6, 6.07) is 0. The molecule has 4 heteroatoms. The van der Waals surface area contributed by atoms with Gasteiger partial charge in [0.25, 0.3) is 5.91 Å². The lowest BCUT2D eigenvalue weighted by molar-refractivity contribution is -0.115. The third kappa shape index (κ3) is 3.35. The lowest BCUT2D eigenvalue weighted by Gasteiger charge is -2.33. The van der Waals surface area contributed by atoms with Crippen molar-refractivity contribution in [1.29, 1.82) is 0 Å². The first kappa shape index (κ1) is 10.5. The molecule has 0 aliphatic heterocycles. The van der Waals surface area contributed by atoms with Crippen LogP contribution in [-0.4, -0.2) is 18.1 Å². The van der Waals surface area contributed by atoms with E-state index in [1.165, 1.54) is 0 Å². The van der Waals surface area contributed by atoms with Crippen LogP contribution in [0.5, 0.6) is 0 Å². The van der Waals surface area contributed by atoms with Gasteiger partial charge in [-0.1, -0.05) is 0 Å². The maximum absolute atomic E-state index is 13.3. The first-order chi connectivity index (χ1) is 6.16. The number of carbonyl (C=O) groups excluding carboxylic acids is 1. The van der Waals surface area contributed by atoms with Gasteiger partial charge in [0, 0.05) is 28.4 Å². The highest BCUT2D eigenvalue weighted by molar-refractivity contribution is 9.12. The summed E-state index contributed by atoms with van der Waals surface area (Å²) in [5.41, 5.74) is -1.02. The zero-order chi connectivity index (χ0) is 9.73. The lowest BCUT2D eigenvalue weighted by atomic mass is 9.80. The van der Waals surface area contributed by atoms with E-state index in [9.17, 15) is 9.18 Å². The van der Waals surface area contributed by atoms with Crippen LogP contribution in [0.4, 0.5) is 4.39 Å². The molecule has 1 aliphatic rings. The second-order valence-electron chi connectivity index (χ2n) is 3.23. The zero-order valence-corrected chi connectivity index (χ0v) is 8.79. The molecule has 0 saturated heterocycles. The van der Waals surface area contributed by atoms with Gasteiger partial charge < -0.3 is 5.32 Å². The predicted molar refractivity (Wildman–Crippen MR) is 52.0 cm³/mol. The second-order valence-corrected chi connectivity index (χ2v) is 3.63. The van der Waals surface area contributed by atoms with E-state index in [2.05, 4.69) is 32.0 Å². The van der Waals surface area contributed by atoms with E-state index >= 15 is 0 Å². The van der Waals surface area contributed by atoms with E-state index in [-0.39, 0.29) is 5.91 Å². The minimum absolute atomic E-state index is 0.361. The normalized spacial score (nSPS) is 18.0. The van der Waals surface area contributed by atoms with E-state index in [4.69, 9.17) is 0 Å². The van der Waals surface area contributed by atoms with E-state index in [1.807, 2.05) is 0 Å². The Balaban J connectivity index is 2.12. The number of hydrogen-bond donors (Lipinski definition) is 1. The van der Waals surface area contributed by atoms with Gasteiger partial charge in [-0.2, -0.15) is 0 Å². The number of rotatable bonds is 3.